The van der Waals surface area contributed by atoms with Gasteiger partial charge in [-0.3, -0.25) is 9.59 Å². The molecule has 0 bridgehead atoms. The van der Waals surface area contributed by atoms with Crippen molar-refractivity contribution >= 4 is 47.5 Å². The third kappa shape index (κ3) is 21.0. The summed E-state index contributed by atoms with van der Waals surface area (Å²) >= 11 is 2.85. The Hall–Kier alpha value is -3.38. The molecule has 2 aromatic carbocycles. The molecule has 4 amide bonds. The lowest BCUT2D eigenvalue weighted by Gasteiger charge is -2.18. The molecule has 0 saturated carbocycles. The number of carbonyl (C=O) groups is 4. The number of ether oxygens (including phenoxy) is 2. The number of thioether (sulfide) groups is 2. The quantitative estimate of drug-likeness (QED) is 0.0538. The van der Waals surface area contributed by atoms with Crippen molar-refractivity contribution in [3.8, 4) is 0 Å². The molecule has 0 aliphatic carbocycles. The van der Waals surface area contributed by atoms with Crippen LogP contribution in [0.2, 0.25) is 0 Å². The number of alkyl carbamates (subject to hydrolysis) is 2. The Balaban J connectivity index is 1.54. The number of carbonyl (C=O) groups excluding carboxylic acids is 4. The molecule has 2 rings (SSSR count). The van der Waals surface area contributed by atoms with Crippen LogP contribution in [-0.4, -0.2) is 59.3 Å². The molecular formula is C38H58N4O6S2. The summed E-state index contributed by atoms with van der Waals surface area (Å²) in [7, 11) is 0. The fourth-order valence-electron chi connectivity index (χ4n) is 4.72. The van der Waals surface area contributed by atoms with Crippen LogP contribution < -0.4 is 21.3 Å². The molecule has 10 nitrogen and oxygen atoms in total. The Morgan fingerprint density at radius 1 is 0.540 bits per heavy atom. The van der Waals surface area contributed by atoms with Gasteiger partial charge in [0.05, 0.1) is 0 Å². The molecule has 2 unspecified atom stereocenters. The average Bonchev–Trinajstić information content (AvgIpc) is 3.13. The number of benzene rings is 2. The maximum Gasteiger partial charge on any atom is 0.408 e. The first kappa shape index (κ1) is 42.8. The molecule has 0 saturated heterocycles. The molecule has 0 aliphatic rings. The smallest absolute Gasteiger partial charge is 0.408 e. The highest BCUT2D eigenvalue weighted by atomic mass is 32.2. The molecule has 50 heavy (non-hydrogen) atoms. The number of amides is 4. The first-order chi connectivity index (χ1) is 24.4. The Kier molecular flexibility index (Phi) is 24.2. The second-order valence-electron chi connectivity index (χ2n) is 12.0. The van der Waals surface area contributed by atoms with E-state index in [9.17, 15) is 19.2 Å². The summed E-state index contributed by atoms with van der Waals surface area (Å²) in [6.45, 7) is 5.64. The Labute approximate surface area is 307 Å². The van der Waals surface area contributed by atoms with E-state index < -0.39 is 22.9 Å². The molecule has 278 valence electrons. The van der Waals surface area contributed by atoms with E-state index in [0.29, 0.717) is 13.1 Å². The van der Waals surface area contributed by atoms with E-state index in [1.54, 1.807) is 0 Å². The second-order valence-corrected chi connectivity index (χ2v) is 14.5. The predicted molar refractivity (Wildman–Crippen MR) is 205 cm³/mol. The van der Waals surface area contributed by atoms with Gasteiger partial charge < -0.3 is 30.7 Å². The van der Waals surface area contributed by atoms with Crippen molar-refractivity contribution in [2.24, 2.45) is 0 Å². The number of nitrogens with one attached hydrogen (secondary N) is 4. The van der Waals surface area contributed by atoms with Crippen molar-refractivity contribution < 1.29 is 28.7 Å². The Morgan fingerprint density at radius 2 is 0.900 bits per heavy atom. The van der Waals surface area contributed by atoms with Gasteiger partial charge in [-0.15, -0.1) is 23.5 Å². The van der Waals surface area contributed by atoms with E-state index in [1.165, 1.54) is 23.5 Å². The van der Waals surface area contributed by atoms with Gasteiger partial charge in [-0.1, -0.05) is 126 Å². The Morgan fingerprint density at radius 3 is 1.26 bits per heavy atom. The van der Waals surface area contributed by atoms with Crippen LogP contribution in [0.4, 0.5) is 9.59 Å². The maximum absolute atomic E-state index is 12.8. The third-order valence-electron chi connectivity index (χ3n) is 7.67. The summed E-state index contributed by atoms with van der Waals surface area (Å²) < 4.78 is 10.6. The van der Waals surface area contributed by atoms with Crippen molar-refractivity contribution in [1.82, 2.24) is 21.3 Å². The topological polar surface area (TPSA) is 135 Å². The van der Waals surface area contributed by atoms with E-state index in [4.69, 9.17) is 9.47 Å². The monoisotopic (exact) mass is 730 g/mol. The summed E-state index contributed by atoms with van der Waals surface area (Å²) in [5, 5.41) is 10.0. The van der Waals surface area contributed by atoms with Crippen LogP contribution in [-0.2, 0) is 32.3 Å². The maximum atomic E-state index is 12.8. The number of unbranched alkanes of at least 4 members (excludes halogenated alkanes) is 9. The van der Waals surface area contributed by atoms with Crippen molar-refractivity contribution in [1.29, 1.82) is 0 Å². The van der Waals surface area contributed by atoms with Crippen LogP contribution in [0.25, 0.3) is 0 Å². The zero-order valence-electron chi connectivity index (χ0n) is 29.9. The van der Waals surface area contributed by atoms with Gasteiger partial charge in [-0.2, -0.15) is 0 Å². The molecule has 0 aromatic heterocycles. The second kappa shape index (κ2) is 28.3. The fourth-order valence-corrected chi connectivity index (χ4v) is 6.93. The lowest BCUT2D eigenvalue weighted by Crippen LogP contribution is -2.45. The largest absolute Gasteiger partial charge is 0.445 e. The molecular weight excluding hydrogens is 673 g/mol. The minimum atomic E-state index is -0.682. The van der Waals surface area contributed by atoms with Crippen LogP contribution in [0.5, 0.6) is 0 Å². The Bertz CT molecular complexity index is 1110. The summed E-state index contributed by atoms with van der Waals surface area (Å²) in [5.41, 5.74) is 1.78. The van der Waals surface area contributed by atoms with Gasteiger partial charge in [0, 0.05) is 13.1 Å². The third-order valence-corrected chi connectivity index (χ3v) is 10.0. The van der Waals surface area contributed by atoms with Crippen molar-refractivity contribution in [3.63, 3.8) is 0 Å². The summed E-state index contributed by atoms with van der Waals surface area (Å²) in [5.74, 6) is 1.17. The lowest BCUT2D eigenvalue weighted by molar-refractivity contribution is -0.121. The van der Waals surface area contributed by atoms with E-state index >= 15 is 0 Å². The highest BCUT2D eigenvalue weighted by Gasteiger charge is 2.22. The van der Waals surface area contributed by atoms with Gasteiger partial charge in [0.15, 0.2) is 10.7 Å². The highest BCUT2D eigenvalue weighted by molar-refractivity contribution is 8.00. The van der Waals surface area contributed by atoms with Crippen LogP contribution in [0.3, 0.4) is 0 Å². The minimum Gasteiger partial charge on any atom is -0.445 e. The first-order valence-electron chi connectivity index (χ1n) is 18.2. The normalized spacial score (nSPS) is 12.0. The molecule has 4 N–H and O–H groups in total. The SMILES string of the molecule is CCCCSC(NC(=O)OCc1ccccc1)C(=O)NCCCCCCCCCCNC(=O)C(NC(=O)OCc1ccccc1)SCCCC. The minimum absolute atomic E-state index is 0.156. The molecule has 0 aliphatic heterocycles. The van der Waals surface area contributed by atoms with Crippen LogP contribution in [0.1, 0.15) is 102 Å². The van der Waals surface area contributed by atoms with Crippen LogP contribution in [0.15, 0.2) is 60.7 Å². The van der Waals surface area contributed by atoms with Crippen molar-refractivity contribution in [3.05, 3.63) is 71.8 Å². The van der Waals surface area contributed by atoms with Crippen molar-refractivity contribution in [2.45, 2.75) is 115 Å². The zero-order valence-corrected chi connectivity index (χ0v) is 31.6. The summed E-state index contributed by atoms with van der Waals surface area (Å²) in [6, 6.07) is 18.9. The van der Waals surface area contributed by atoms with E-state index in [0.717, 1.165) is 99.7 Å². The van der Waals surface area contributed by atoms with Crippen LogP contribution in [0, 0.1) is 0 Å². The highest BCUT2D eigenvalue weighted by Crippen LogP contribution is 2.14. The standard InChI is InChI=1S/C38H58N4O6S2/c1-3-5-27-49-35(41-37(45)47-29-31-21-15-13-16-22-31)33(43)39-25-19-11-9-7-8-10-12-20-26-40-34(44)36(50-28-6-4-2)42-38(46)48-30-32-23-17-14-18-24-32/h13-18,21-24,35-36H,3-12,19-20,25-30H2,1-2H3,(H,39,43)(H,40,44)(H,41,45)(H,42,46). The molecule has 12 heteroatoms. The van der Waals surface area contributed by atoms with E-state index in [2.05, 4.69) is 35.1 Å². The van der Waals surface area contributed by atoms with Crippen molar-refractivity contribution in [2.75, 3.05) is 24.6 Å². The average molecular weight is 731 g/mol. The number of hydrogen-bond donors (Lipinski definition) is 4. The summed E-state index contributed by atoms with van der Waals surface area (Å²) in [6.07, 6.45) is 11.0. The van der Waals surface area contributed by atoms with Gasteiger partial charge in [-0.25, -0.2) is 9.59 Å². The van der Waals surface area contributed by atoms with Crippen LogP contribution >= 0.6 is 23.5 Å². The molecule has 0 heterocycles. The van der Waals surface area contributed by atoms with Gasteiger partial charge in [0.2, 0.25) is 0 Å². The van der Waals surface area contributed by atoms with Gasteiger partial charge >= 0.3 is 12.2 Å². The summed E-state index contributed by atoms with van der Waals surface area (Å²) in [4.78, 5) is 50.3. The van der Waals surface area contributed by atoms with Gasteiger partial charge in [0.25, 0.3) is 11.8 Å². The zero-order chi connectivity index (χ0) is 36.1. The van der Waals surface area contributed by atoms with E-state index in [1.807, 2.05) is 60.7 Å². The van der Waals surface area contributed by atoms with Gasteiger partial charge in [-0.05, 0) is 48.3 Å². The fraction of sp³-hybridized carbons (Fsp3) is 0.579. The molecule has 0 fully saturated rings. The number of hydrogen-bond acceptors (Lipinski definition) is 8. The molecule has 0 spiro atoms. The lowest BCUT2D eigenvalue weighted by atomic mass is 10.1. The molecule has 0 radical (unpaired) electrons. The van der Waals surface area contributed by atoms with Gasteiger partial charge in [0.1, 0.15) is 13.2 Å². The molecule has 2 aromatic rings. The number of rotatable bonds is 27. The first-order valence-corrected chi connectivity index (χ1v) is 20.3. The molecule has 2 atom stereocenters. The van der Waals surface area contributed by atoms with E-state index in [-0.39, 0.29) is 25.0 Å². The predicted octanol–water partition coefficient (Wildman–Crippen LogP) is 7.91.